The Kier molecular flexibility index (Phi) is 4.62. The molecule has 0 spiro atoms. The van der Waals surface area contributed by atoms with Gasteiger partial charge in [0.05, 0.1) is 17.8 Å². The molecule has 2 N–H and O–H groups in total. The number of carboxylic acid groups (broad SMARTS) is 1. The Hall–Kier alpha value is -1.59. The fourth-order valence-corrected chi connectivity index (χ4v) is 2.76. The summed E-state index contributed by atoms with van der Waals surface area (Å²) in [5.74, 6) is -2.01. The molecule has 20 heavy (non-hydrogen) atoms. The molecule has 0 aromatic carbocycles. The summed E-state index contributed by atoms with van der Waals surface area (Å²) in [6, 6.07) is 0. The van der Waals surface area contributed by atoms with Crippen LogP contribution in [0.15, 0.2) is 0 Å². The molecular formula is C14H22N2O4. The van der Waals surface area contributed by atoms with E-state index in [4.69, 9.17) is 5.11 Å². The summed E-state index contributed by atoms with van der Waals surface area (Å²) in [5.41, 5.74) is 0. The Morgan fingerprint density at radius 2 is 2.05 bits per heavy atom. The zero-order valence-corrected chi connectivity index (χ0v) is 11.8. The van der Waals surface area contributed by atoms with E-state index in [1.807, 2.05) is 6.92 Å². The molecular weight excluding hydrogens is 260 g/mol. The summed E-state index contributed by atoms with van der Waals surface area (Å²) < 4.78 is 0. The van der Waals surface area contributed by atoms with Crippen molar-refractivity contribution in [2.75, 3.05) is 19.6 Å². The number of amides is 2. The van der Waals surface area contributed by atoms with Gasteiger partial charge in [-0.25, -0.2) is 0 Å². The van der Waals surface area contributed by atoms with Gasteiger partial charge in [0.1, 0.15) is 0 Å². The number of piperidine rings is 1. The summed E-state index contributed by atoms with van der Waals surface area (Å²) in [5, 5.41) is 11.7. The van der Waals surface area contributed by atoms with Gasteiger partial charge in [0, 0.05) is 19.6 Å². The van der Waals surface area contributed by atoms with Crippen LogP contribution < -0.4 is 5.32 Å². The summed E-state index contributed by atoms with van der Waals surface area (Å²) in [6.45, 7) is 3.72. The van der Waals surface area contributed by atoms with Crippen LogP contribution >= 0.6 is 0 Å². The average Bonchev–Trinajstić information content (AvgIpc) is 3.24. The van der Waals surface area contributed by atoms with E-state index in [2.05, 4.69) is 5.32 Å². The van der Waals surface area contributed by atoms with Gasteiger partial charge < -0.3 is 15.3 Å². The van der Waals surface area contributed by atoms with Gasteiger partial charge in [-0.2, -0.15) is 0 Å². The molecule has 3 unspecified atom stereocenters. The molecule has 1 aliphatic heterocycles. The minimum atomic E-state index is -0.891. The smallest absolute Gasteiger partial charge is 0.307 e. The summed E-state index contributed by atoms with van der Waals surface area (Å²) in [6.07, 6.45) is 2.94. The molecule has 0 aromatic heterocycles. The summed E-state index contributed by atoms with van der Waals surface area (Å²) in [7, 11) is 0. The molecule has 6 nitrogen and oxygen atoms in total. The fraction of sp³-hybridized carbons (Fsp3) is 0.786. The minimum Gasteiger partial charge on any atom is -0.481 e. The minimum absolute atomic E-state index is 0.00920. The first-order valence-electron chi connectivity index (χ1n) is 7.34. The predicted octanol–water partition coefficient (Wildman–Crippen LogP) is 0.472. The first-order chi connectivity index (χ1) is 9.54. The monoisotopic (exact) mass is 282 g/mol. The molecule has 1 saturated heterocycles. The molecule has 2 fully saturated rings. The van der Waals surface area contributed by atoms with E-state index in [9.17, 15) is 14.4 Å². The number of nitrogens with zero attached hydrogens (tertiary/aromatic N) is 1. The van der Waals surface area contributed by atoms with Crippen molar-refractivity contribution in [3.05, 3.63) is 0 Å². The molecule has 0 radical (unpaired) electrons. The number of hydrogen-bond donors (Lipinski definition) is 2. The van der Waals surface area contributed by atoms with E-state index in [1.54, 1.807) is 4.90 Å². The molecule has 6 heteroatoms. The van der Waals surface area contributed by atoms with Gasteiger partial charge in [-0.05, 0) is 25.7 Å². The number of aliphatic carboxylic acids is 1. The summed E-state index contributed by atoms with van der Waals surface area (Å²) in [4.78, 5) is 36.6. The van der Waals surface area contributed by atoms with Gasteiger partial charge in [0.25, 0.3) is 0 Å². The SMILES string of the molecule is CCCNC(=O)C1CCCN(C(=O)C2CC2C(=O)O)C1. The Morgan fingerprint density at radius 1 is 1.30 bits per heavy atom. The van der Waals surface area contributed by atoms with Crippen molar-refractivity contribution in [1.82, 2.24) is 10.2 Å². The van der Waals surface area contributed by atoms with Crippen LogP contribution in [0.1, 0.15) is 32.6 Å². The summed E-state index contributed by atoms with van der Waals surface area (Å²) >= 11 is 0. The first-order valence-corrected chi connectivity index (χ1v) is 7.34. The molecule has 1 saturated carbocycles. The van der Waals surface area contributed by atoms with Crippen molar-refractivity contribution < 1.29 is 19.5 Å². The topological polar surface area (TPSA) is 86.7 Å². The van der Waals surface area contributed by atoms with Crippen LogP contribution in [-0.2, 0) is 14.4 Å². The first kappa shape index (κ1) is 14.8. The third-order valence-electron chi connectivity index (χ3n) is 4.08. The lowest BCUT2D eigenvalue weighted by Gasteiger charge is -2.32. The number of carbonyl (C=O) groups excluding carboxylic acids is 2. The highest BCUT2D eigenvalue weighted by Crippen LogP contribution is 2.40. The molecule has 0 bridgehead atoms. The fourth-order valence-electron chi connectivity index (χ4n) is 2.76. The van der Waals surface area contributed by atoms with Crippen LogP contribution in [0.3, 0.4) is 0 Å². The number of carbonyl (C=O) groups is 3. The molecule has 1 heterocycles. The van der Waals surface area contributed by atoms with Crippen molar-refractivity contribution in [3.8, 4) is 0 Å². The van der Waals surface area contributed by atoms with Crippen LogP contribution in [0.2, 0.25) is 0 Å². The third kappa shape index (κ3) is 3.29. The number of hydrogen-bond acceptors (Lipinski definition) is 3. The predicted molar refractivity (Wildman–Crippen MR) is 71.8 cm³/mol. The largest absolute Gasteiger partial charge is 0.481 e. The maximum atomic E-state index is 12.2. The van der Waals surface area contributed by atoms with Gasteiger partial charge in [0.15, 0.2) is 0 Å². The van der Waals surface area contributed by atoms with E-state index in [0.717, 1.165) is 19.3 Å². The number of likely N-dealkylation sites (tertiary alicyclic amines) is 1. The maximum absolute atomic E-state index is 12.2. The quantitative estimate of drug-likeness (QED) is 0.767. The van der Waals surface area contributed by atoms with Crippen LogP contribution in [0.25, 0.3) is 0 Å². The third-order valence-corrected chi connectivity index (χ3v) is 4.08. The lowest BCUT2D eigenvalue weighted by molar-refractivity contribution is -0.143. The van der Waals surface area contributed by atoms with Gasteiger partial charge >= 0.3 is 5.97 Å². The van der Waals surface area contributed by atoms with Gasteiger partial charge in [-0.1, -0.05) is 6.92 Å². The Morgan fingerprint density at radius 3 is 2.65 bits per heavy atom. The van der Waals surface area contributed by atoms with Crippen molar-refractivity contribution in [2.45, 2.75) is 32.6 Å². The second-order valence-corrected chi connectivity index (χ2v) is 5.70. The van der Waals surface area contributed by atoms with E-state index in [-0.39, 0.29) is 23.7 Å². The molecule has 3 atom stereocenters. The highest BCUT2D eigenvalue weighted by atomic mass is 16.4. The van der Waals surface area contributed by atoms with E-state index < -0.39 is 11.9 Å². The zero-order chi connectivity index (χ0) is 14.7. The van der Waals surface area contributed by atoms with Crippen molar-refractivity contribution in [2.24, 2.45) is 17.8 Å². The van der Waals surface area contributed by atoms with Crippen molar-refractivity contribution in [3.63, 3.8) is 0 Å². The van der Waals surface area contributed by atoms with Crippen LogP contribution in [0, 0.1) is 17.8 Å². The van der Waals surface area contributed by atoms with Gasteiger partial charge in [-0.15, -0.1) is 0 Å². The number of rotatable bonds is 5. The Bertz CT molecular complexity index is 410. The zero-order valence-electron chi connectivity index (χ0n) is 11.8. The van der Waals surface area contributed by atoms with Crippen LogP contribution in [0.4, 0.5) is 0 Å². The second kappa shape index (κ2) is 6.24. The maximum Gasteiger partial charge on any atom is 0.307 e. The van der Waals surface area contributed by atoms with Crippen LogP contribution in [0.5, 0.6) is 0 Å². The number of carboxylic acids is 1. The second-order valence-electron chi connectivity index (χ2n) is 5.70. The van der Waals surface area contributed by atoms with E-state index in [0.29, 0.717) is 26.1 Å². The van der Waals surface area contributed by atoms with E-state index >= 15 is 0 Å². The molecule has 2 rings (SSSR count). The van der Waals surface area contributed by atoms with Crippen LogP contribution in [-0.4, -0.2) is 47.4 Å². The molecule has 2 amide bonds. The average molecular weight is 282 g/mol. The Balaban J connectivity index is 1.86. The normalized spacial score (nSPS) is 28.9. The van der Waals surface area contributed by atoms with Crippen molar-refractivity contribution in [1.29, 1.82) is 0 Å². The van der Waals surface area contributed by atoms with Gasteiger partial charge in [-0.3, -0.25) is 14.4 Å². The van der Waals surface area contributed by atoms with Gasteiger partial charge in [0.2, 0.25) is 11.8 Å². The van der Waals surface area contributed by atoms with E-state index in [1.165, 1.54) is 0 Å². The highest BCUT2D eigenvalue weighted by molar-refractivity contribution is 5.90. The van der Waals surface area contributed by atoms with Crippen molar-refractivity contribution >= 4 is 17.8 Å². The highest BCUT2D eigenvalue weighted by Gasteiger charge is 2.50. The Labute approximate surface area is 118 Å². The molecule has 2 aliphatic rings. The molecule has 1 aliphatic carbocycles. The lowest BCUT2D eigenvalue weighted by Crippen LogP contribution is -2.46. The lowest BCUT2D eigenvalue weighted by atomic mass is 9.96. The standard InChI is InChI=1S/C14H22N2O4/c1-2-5-15-12(17)9-4-3-6-16(8-9)13(18)10-7-11(10)14(19)20/h9-11H,2-8H2,1H3,(H,15,17)(H,19,20). The number of nitrogens with one attached hydrogen (secondary N) is 1. The molecule has 0 aromatic rings. The molecule has 112 valence electrons.